The van der Waals surface area contributed by atoms with Crippen molar-refractivity contribution in [2.45, 2.75) is 44.1 Å². The number of benzene rings is 1. The summed E-state index contributed by atoms with van der Waals surface area (Å²) in [6.07, 6.45) is 5.25. The van der Waals surface area contributed by atoms with Gasteiger partial charge in [-0.25, -0.2) is 8.78 Å². The van der Waals surface area contributed by atoms with Gasteiger partial charge in [-0.3, -0.25) is 0 Å². The number of hydrogen-bond acceptors (Lipinski definition) is 1. The van der Waals surface area contributed by atoms with Crippen LogP contribution in [-0.2, 0) is 0 Å². The lowest BCUT2D eigenvalue weighted by atomic mass is 9.90. The van der Waals surface area contributed by atoms with Crippen LogP contribution in [0.15, 0.2) is 18.2 Å². The third-order valence-corrected chi connectivity index (χ3v) is 3.73. The molecule has 3 heteroatoms. The molecule has 1 nitrogen and oxygen atoms in total. The standard InChI is InChI=1S/C14H19F2N/c1-17-12-5-3-2-4-10(8-12)13-9-11(15)6-7-14(13)16/h6-7,9-10,12,17H,2-5,8H2,1H3. The normalized spacial score (nSPS) is 25.6. The zero-order valence-electron chi connectivity index (χ0n) is 10.2. The average molecular weight is 239 g/mol. The van der Waals surface area contributed by atoms with Gasteiger partial charge in [-0.15, -0.1) is 0 Å². The van der Waals surface area contributed by atoms with Crippen molar-refractivity contribution < 1.29 is 8.78 Å². The van der Waals surface area contributed by atoms with Gasteiger partial charge in [-0.05, 0) is 56.0 Å². The number of halogens is 2. The minimum Gasteiger partial charge on any atom is -0.317 e. The van der Waals surface area contributed by atoms with Crippen LogP contribution in [0.2, 0.25) is 0 Å². The first kappa shape index (κ1) is 12.5. The molecule has 2 unspecified atom stereocenters. The summed E-state index contributed by atoms with van der Waals surface area (Å²) >= 11 is 0. The molecular formula is C14H19F2N. The van der Waals surface area contributed by atoms with E-state index in [9.17, 15) is 8.78 Å². The van der Waals surface area contributed by atoms with Gasteiger partial charge in [0.2, 0.25) is 0 Å². The van der Waals surface area contributed by atoms with Crippen LogP contribution in [-0.4, -0.2) is 13.1 Å². The zero-order chi connectivity index (χ0) is 12.3. The van der Waals surface area contributed by atoms with E-state index >= 15 is 0 Å². The monoisotopic (exact) mass is 239 g/mol. The van der Waals surface area contributed by atoms with Crippen LogP contribution < -0.4 is 5.32 Å². The second-order valence-electron chi connectivity index (χ2n) is 4.87. The van der Waals surface area contributed by atoms with Crippen LogP contribution in [0, 0.1) is 11.6 Å². The van der Waals surface area contributed by atoms with E-state index in [0.29, 0.717) is 11.6 Å². The second-order valence-corrected chi connectivity index (χ2v) is 4.87. The molecule has 1 aromatic rings. The van der Waals surface area contributed by atoms with Crippen molar-refractivity contribution in [2.24, 2.45) is 0 Å². The van der Waals surface area contributed by atoms with Crippen molar-refractivity contribution in [3.63, 3.8) is 0 Å². The summed E-state index contributed by atoms with van der Waals surface area (Å²) in [5.41, 5.74) is 0.548. The Morgan fingerprint density at radius 3 is 2.71 bits per heavy atom. The molecule has 0 radical (unpaired) electrons. The van der Waals surface area contributed by atoms with Gasteiger partial charge < -0.3 is 5.32 Å². The maximum atomic E-state index is 13.7. The van der Waals surface area contributed by atoms with E-state index in [2.05, 4.69) is 5.32 Å². The van der Waals surface area contributed by atoms with Gasteiger partial charge in [0.15, 0.2) is 0 Å². The SMILES string of the molecule is CNC1CCCCC(c2cc(F)ccc2F)C1. The fraction of sp³-hybridized carbons (Fsp3) is 0.571. The smallest absolute Gasteiger partial charge is 0.126 e. The molecule has 1 saturated carbocycles. The molecule has 0 bridgehead atoms. The maximum Gasteiger partial charge on any atom is 0.126 e. The van der Waals surface area contributed by atoms with Crippen molar-refractivity contribution in [3.05, 3.63) is 35.4 Å². The fourth-order valence-corrected chi connectivity index (χ4v) is 2.73. The summed E-state index contributed by atoms with van der Waals surface area (Å²) in [5.74, 6) is -0.467. The van der Waals surface area contributed by atoms with Crippen LogP contribution in [0.1, 0.15) is 43.6 Å². The first-order valence-corrected chi connectivity index (χ1v) is 6.33. The van der Waals surface area contributed by atoms with E-state index in [1.54, 1.807) is 0 Å². The molecule has 1 aliphatic carbocycles. The molecule has 0 amide bonds. The molecule has 1 aromatic carbocycles. The van der Waals surface area contributed by atoms with Gasteiger partial charge in [-0.1, -0.05) is 12.8 Å². The Morgan fingerprint density at radius 1 is 1.18 bits per heavy atom. The lowest BCUT2D eigenvalue weighted by molar-refractivity contribution is 0.457. The van der Waals surface area contributed by atoms with E-state index < -0.39 is 0 Å². The predicted octanol–water partition coefficient (Wildman–Crippen LogP) is 3.60. The fourth-order valence-electron chi connectivity index (χ4n) is 2.73. The van der Waals surface area contributed by atoms with Gasteiger partial charge in [0.1, 0.15) is 11.6 Å². The van der Waals surface area contributed by atoms with Crippen molar-refractivity contribution in [1.29, 1.82) is 0 Å². The van der Waals surface area contributed by atoms with Crippen molar-refractivity contribution in [1.82, 2.24) is 5.32 Å². The first-order chi connectivity index (χ1) is 8.20. The molecule has 0 heterocycles. The van der Waals surface area contributed by atoms with E-state index in [1.165, 1.54) is 24.6 Å². The summed E-state index contributed by atoms with van der Waals surface area (Å²) in [6.45, 7) is 0. The van der Waals surface area contributed by atoms with Gasteiger partial charge in [0.05, 0.1) is 0 Å². The zero-order valence-corrected chi connectivity index (χ0v) is 10.2. The van der Waals surface area contributed by atoms with Crippen molar-refractivity contribution >= 4 is 0 Å². The Bertz CT molecular complexity index is 378. The number of hydrogen-bond donors (Lipinski definition) is 1. The third-order valence-electron chi connectivity index (χ3n) is 3.73. The first-order valence-electron chi connectivity index (χ1n) is 6.33. The van der Waals surface area contributed by atoms with Gasteiger partial charge in [0, 0.05) is 6.04 Å². The average Bonchev–Trinajstić information content (AvgIpc) is 2.57. The number of rotatable bonds is 2. The second kappa shape index (κ2) is 5.58. The van der Waals surface area contributed by atoms with Crippen molar-refractivity contribution in [2.75, 3.05) is 7.05 Å². The highest BCUT2D eigenvalue weighted by Crippen LogP contribution is 2.33. The summed E-state index contributed by atoms with van der Waals surface area (Å²) in [6, 6.07) is 4.21. The molecular weight excluding hydrogens is 220 g/mol. The highest BCUT2D eigenvalue weighted by Gasteiger charge is 2.23. The molecule has 1 N–H and O–H groups in total. The quantitative estimate of drug-likeness (QED) is 0.777. The van der Waals surface area contributed by atoms with Crippen LogP contribution in [0.5, 0.6) is 0 Å². The Kier molecular flexibility index (Phi) is 4.11. The van der Waals surface area contributed by atoms with Gasteiger partial charge in [0.25, 0.3) is 0 Å². The summed E-state index contributed by atoms with van der Waals surface area (Å²) in [4.78, 5) is 0. The minimum absolute atomic E-state index is 0.144. The molecule has 94 valence electrons. The van der Waals surface area contributed by atoms with Crippen LogP contribution in [0.4, 0.5) is 8.78 Å². The predicted molar refractivity (Wildman–Crippen MR) is 65.0 cm³/mol. The summed E-state index contributed by atoms with van der Waals surface area (Å²) in [5, 5.41) is 3.26. The highest BCUT2D eigenvalue weighted by molar-refractivity contribution is 5.23. The molecule has 0 spiro atoms. The minimum atomic E-state index is -0.341. The van der Waals surface area contributed by atoms with Gasteiger partial charge in [-0.2, -0.15) is 0 Å². The number of nitrogens with one attached hydrogen (secondary N) is 1. The summed E-state index contributed by atoms with van der Waals surface area (Å²) < 4.78 is 26.9. The molecule has 0 saturated heterocycles. The Hall–Kier alpha value is -0.960. The van der Waals surface area contributed by atoms with E-state index in [1.807, 2.05) is 7.05 Å². The third kappa shape index (κ3) is 3.03. The van der Waals surface area contributed by atoms with E-state index in [0.717, 1.165) is 25.7 Å². The Labute approximate surface area is 101 Å². The molecule has 0 aliphatic heterocycles. The molecule has 17 heavy (non-hydrogen) atoms. The van der Waals surface area contributed by atoms with E-state index in [-0.39, 0.29) is 17.6 Å². The maximum absolute atomic E-state index is 13.7. The molecule has 1 aliphatic rings. The van der Waals surface area contributed by atoms with Crippen LogP contribution in [0.3, 0.4) is 0 Å². The molecule has 0 aromatic heterocycles. The van der Waals surface area contributed by atoms with E-state index in [4.69, 9.17) is 0 Å². The van der Waals surface area contributed by atoms with Gasteiger partial charge >= 0.3 is 0 Å². The van der Waals surface area contributed by atoms with Crippen LogP contribution >= 0.6 is 0 Å². The molecule has 1 fully saturated rings. The lowest BCUT2D eigenvalue weighted by Gasteiger charge is -2.20. The molecule has 2 atom stereocenters. The largest absolute Gasteiger partial charge is 0.317 e. The lowest BCUT2D eigenvalue weighted by Crippen LogP contribution is -2.26. The highest BCUT2D eigenvalue weighted by atomic mass is 19.1. The van der Waals surface area contributed by atoms with Crippen molar-refractivity contribution in [3.8, 4) is 0 Å². The summed E-state index contributed by atoms with van der Waals surface area (Å²) in [7, 11) is 1.94. The molecule has 2 rings (SSSR count). The Balaban J connectivity index is 2.21. The Morgan fingerprint density at radius 2 is 1.94 bits per heavy atom. The van der Waals surface area contributed by atoms with Crippen LogP contribution in [0.25, 0.3) is 0 Å². The topological polar surface area (TPSA) is 12.0 Å².